The van der Waals surface area contributed by atoms with Gasteiger partial charge in [-0.1, -0.05) is 18.9 Å². The van der Waals surface area contributed by atoms with Crippen LogP contribution >= 0.6 is 0 Å². The molecule has 4 nitrogen and oxygen atoms in total. The number of nitrogens with zero attached hydrogens (tertiary/aromatic N) is 1. The minimum atomic E-state index is -1.21. The van der Waals surface area contributed by atoms with E-state index in [0.717, 1.165) is 31.7 Å². The number of carbonyl (C=O) groups excluding carboxylic acids is 1. The summed E-state index contributed by atoms with van der Waals surface area (Å²) in [4.78, 5) is 25.4. The molecule has 118 valence electrons. The van der Waals surface area contributed by atoms with Crippen LogP contribution in [0.25, 0.3) is 0 Å². The first kappa shape index (κ1) is 14.9. The summed E-state index contributed by atoms with van der Waals surface area (Å²) in [5.74, 6) is -3.98. The van der Waals surface area contributed by atoms with Crippen LogP contribution in [0.1, 0.15) is 42.5 Å². The summed E-state index contributed by atoms with van der Waals surface area (Å²) in [6, 6.07) is 2.26. The Hall–Kier alpha value is -1.98. The number of carboxylic acids is 1. The smallest absolute Gasteiger partial charge is 0.326 e. The third-order valence-corrected chi connectivity index (χ3v) is 4.79. The van der Waals surface area contributed by atoms with Crippen molar-refractivity contribution in [2.45, 2.75) is 44.2 Å². The minimum absolute atomic E-state index is 0.135. The molecule has 0 radical (unpaired) electrons. The van der Waals surface area contributed by atoms with E-state index in [1.807, 2.05) is 0 Å². The Bertz CT molecular complexity index is 619. The number of carbonyl (C=O) groups is 2. The van der Waals surface area contributed by atoms with E-state index in [1.165, 1.54) is 17.0 Å². The number of carboxylic acid groups (broad SMARTS) is 1. The van der Waals surface area contributed by atoms with E-state index in [0.29, 0.717) is 6.42 Å². The Labute approximate surface area is 126 Å². The van der Waals surface area contributed by atoms with Gasteiger partial charge in [-0.05, 0) is 37.3 Å². The molecule has 1 aliphatic carbocycles. The van der Waals surface area contributed by atoms with Crippen LogP contribution in [0.5, 0.6) is 0 Å². The zero-order valence-corrected chi connectivity index (χ0v) is 12.0. The van der Waals surface area contributed by atoms with Crippen molar-refractivity contribution in [3.8, 4) is 0 Å². The molecule has 1 saturated carbocycles. The summed E-state index contributed by atoms with van der Waals surface area (Å²) in [6.07, 6.45) is 3.93. The van der Waals surface area contributed by atoms with Gasteiger partial charge in [-0.15, -0.1) is 0 Å². The Kier molecular flexibility index (Phi) is 3.85. The lowest BCUT2D eigenvalue weighted by Crippen LogP contribution is -2.46. The van der Waals surface area contributed by atoms with Gasteiger partial charge in [-0.2, -0.15) is 0 Å². The Morgan fingerprint density at radius 3 is 2.64 bits per heavy atom. The number of fused-ring (bicyclic) bond motifs is 1. The average Bonchev–Trinajstić information content (AvgIpc) is 2.89. The molecule has 1 saturated heterocycles. The molecule has 22 heavy (non-hydrogen) atoms. The summed E-state index contributed by atoms with van der Waals surface area (Å²) < 4.78 is 27.2. The molecule has 0 spiro atoms. The summed E-state index contributed by atoms with van der Waals surface area (Å²) >= 11 is 0. The predicted octanol–water partition coefficient (Wildman–Crippen LogP) is 2.82. The number of hydrogen-bond acceptors (Lipinski definition) is 2. The monoisotopic (exact) mass is 309 g/mol. The van der Waals surface area contributed by atoms with Crippen LogP contribution in [-0.2, 0) is 4.79 Å². The van der Waals surface area contributed by atoms with E-state index >= 15 is 0 Å². The minimum Gasteiger partial charge on any atom is -0.480 e. The first-order valence-electron chi connectivity index (χ1n) is 7.50. The lowest BCUT2D eigenvalue weighted by molar-refractivity contribution is -0.141. The quantitative estimate of drug-likeness (QED) is 0.914. The van der Waals surface area contributed by atoms with Gasteiger partial charge in [0, 0.05) is 6.04 Å². The van der Waals surface area contributed by atoms with Crippen LogP contribution in [0.4, 0.5) is 8.78 Å². The van der Waals surface area contributed by atoms with E-state index in [2.05, 4.69) is 0 Å². The number of hydrogen-bond donors (Lipinski definition) is 1. The van der Waals surface area contributed by atoms with Gasteiger partial charge >= 0.3 is 5.97 Å². The highest BCUT2D eigenvalue weighted by molar-refractivity contribution is 5.97. The van der Waals surface area contributed by atoms with Gasteiger partial charge in [0.05, 0.1) is 5.56 Å². The molecule has 1 aromatic rings. The highest BCUT2D eigenvalue weighted by Gasteiger charge is 2.48. The van der Waals surface area contributed by atoms with Crippen LogP contribution in [0, 0.1) is 17.6 Å². The van der Waals surface area contributed by atoms with Crippen molar-refractivity contribution in [2.24, 2.45) is 5.92 Å². The maximum Gasteiger partial charge on any atom is 0.326 e. The number of halogens is 2. The normalized spacial score (nSPS) is 27.5. The summed E-state index contributed by atoms with van der Waals surface area (Å²) in [5, 5.41) is 9.39. The molecular formula is C16H17F2NO3. The maximum absolute atomic E-state index is 13.9. The van der Waals surface area contributed by atoms with Gasteiger partial charge in [0.25, 0.3) is 5.91 Å². The third-order valence-electron chi connectivity index (χ3n) is 4.79. The summed E-state index contributed by atoms with van der Waals surface area (Å²) in [5.41, 5.74) is -0.391. The number of rotatable bonds is 2. The van der Waals surface area contributed by atoms with Crippen molar-refractivity contribution in [3.63, 3.8) is 0 Å². The van der Waals surface area contributed by atoms with Gasteiger partial charge in [0.15, 0.2) is 11.6 Å². The fourth-order valence-corrected chi connectivity index (χ4v) is 3.78. The van der Waals surface area contributed by atoms with Gasteiger partial charge in [-0.25, -0.2) is 13.6 Å². The van der Waals surface area contributed by atoms with Gasteiger partial charge in [0.2, 0.25) is 0 Å². The molecule has 1 heterocycles. The van der Waals surface area contributed by atoms with Crippen molar-refractivity contribution < 1.29 is 23.5 Å². The van der Waals surface area contributed by atoms with Crippen LogP contribution in [0.2, 0.25) is 0 Å². The molecular weight excluding hydrogens is 292 g/mol. The molecule has 3 atom stereocenters. The molecule has 1 aromatic carbocycles. The van der Waals surface area contributed by atoms with Crippen LogP contribution in [0.15, 0.2) is 18.2 Å². The van der Waals surface area contributed by atoms with Crippen LogP contribution < -0.4 is 0 Å². The largest absolute Gasteiger partial charge is 0.480 e. The Balaban J connectivity index is 1.97. The topological polar surface area (TPSA) is 57.6 Å². The van der Waals surface area contributed by atoms with Crippen molar-refractivity contribution in [3.05, 3.63) is 35.4 Å². The zero-order chi connectivity index (χ0) is 15.9. The van der Waals surface area contributed by atoms with E-state index in [9.17, 15) is 23.5 Å². The van der Waals surface area contributed by atoms with Gasteiger partial charge < -0.3 is 10.0 Å². The molecule has 0 bridgehead atoms. The number of benzene rings is 1. The molecule has 2 aliphatic rings. The second-order valence-corrected chi connectivity index (χ2v) is 6.02. The van der Waals surface area contributed by atoms with Crippen molar-refractivity contribution >= 4 is 11.9 Å². The molecule has 1 aliphatic heterocycles. The second-order valence-electron chi connectivity index (χ2n) is 6.02. The lowest BCUT2D eigenvalue weighted by Gasteiger charge is -2.33. The zero-order valence-electron chi connectivity index (χ0n) is 12.0. The van der Waals surface area contributed by atoms with Crippen LogP contribution in [-0.4, -0.2) is 34.0 Å². The van der Waals surface area contributed by atoms with E-state index in [4.69, 9.17) is 0 Å². The Morgan fingerprint density at radius 2 is 1.91 bits per heavy atom. The van der Waals surface area contributed by atoms with Crippen molar-refractivity contribution in [1.29, 1.82) is 0 Å². The molecule has 1 N–H and O–H groups in total. The van der Waals surface area contributed by atoms with E-state index < -0.39 is 35.1 Å². The summed E-state index contributed by atoms with van der Waals surface area (Å²) in [6.45, 7) is 0. The molecule has 0 aromatic heterocycles. The van der Waals surface area contributed by atoms with Crippen molar-refractivity contribution in [1.82, 2.24) is 4.90 Å². The first-order chi connectivity index (χ1) is 10.5. The fraction of sp³-hybridized carbons (Fsp3) is 0.500. The molecule has 2 fully saturated rings. The molecule has 0 unspecified atom stereocenters. The number of amides is 1. The fourth-order valence-electron chi connectivity index (χ4n) is 3.78. The molecule has 1 amide bonds. The van der Waals surface area contributed by atoms with Gasteiger partial charge in [0.1, 0.15) is 6.04 Å². The van der Waals surface area contributed by atoms with E-state index in [1.54, 1.807) is 0 Å². The lowest BCUT2D eigenvalue weighted by atomic mass is 9.84. The number of likely N-dealkylation sites (tertiary alicyclic amines) is 1. The Morgan fingerprint density at radius 1 is 1.18 bits per heavy atom. The predicted molar refractivity (Wildman–Crippen MR) is 74.3 cm³/mol. The standard InChI is InChI=1S/C16H17F2NO3/c17-11-6-3-5-10(14(11)18)15(20)19-12-7-2-1-4-9(12)8-13(19)16(21)22/h3,5-6,9,12-13H,1-2,4,7-8H2,(H,21,22)/t9-,12+,13-/m0/s1. The van der Waals surface area contributed by atoms with Gasteiger partial charge in [-0.3, -0.25) is 4.79 Å². The third kappa shape index (κ3) is 2.36. The maximum atomic E-state index is 13.9. The average molecular weight is 309 g/mol. The summed E-state index contributed by atoms with van der Waals surface area (Å²) in [7, 11) is 0. The first-order valence-corrected chi connectivity index (χ1v) is 7.50. The highest BCUT2D eigenvalue weighted by Crippen LogP contribution is 2.40. The SMILES string of the molecule is O=C(O)[C@@H]1C[C@@H]2CCCC[C@H]2N1C(=O)c1cccc(F)c1F. The molecule has 6 heteroatoms. The van der Waals surface area contributed by atoms with Crippen molar-refractivity contribution in [2.75, 3.05) is 0 Å². The molecule has 3 rings (SSSR count). The second kappa shape index (κ2) is 5.66. The van der Waals surface area contributed by atoms with Crippen LogP contribution in [0.3, 0.4) is 0 Å². The highest BCUT2D eigenvalue weighted by atomic mass is 19.2. The van der Waals surface area contributed by atoms with E-state index in [-0.39, 0.29) is 12.0 Å². The number of aliphatic carboxylic acids is 1.